The number of rotatable bonds is 4. The van der Waals surface area contributed by atoms with Crippen molar-refractivity contribution < 1.29 is 9.59 Å². The van der Waals surface area contributed by atoms with Gasteiger partial charge in [0.2, 0.25) is 5.91 Å². The average molecular weight is 348 g/mol. The molecule has 2 aromatic carbocycles. The largest absolute Gasteiger partial charge is 0.340 e. The Bertz CT molecular complexity index is 816. The van der Waals surface area contributed by atoms with Crippen LogP contribution in [0, 0.1) is 0 Å². The van der Waals surface area contributed by atoms with E-state index in [-0.39, 0.29) is 11.8 Å². The standard InChI is InChI=1S/C22H24N2O2/c25-21(19-11-10-17-8-4-5-9-18(17)14-19)23-20-12-13-24(22(20)26)15-16-6-2-1-3-7-16/h1-3,6-7,10-11,14,20H,4-5,8-9,12-13,15H2,(H,23,25)/t20-/m1/s1. The molecule has 1 aliphatic carbocycles. The molecule has 0 bridgehead atoms. The van der Waals surface area contributed by atoms with Crippen molar-refractivity contribution in [1.82, 2.24) is 10.2 Å². The molecular formula is C22H24N2O2. The number of fused-ring (bicyclic) bond motifs is 1. The van der Waals surface area contributed by atoms with Crippen LogP contribution in [-0.2, 0) is 24.2 Å². The fourth-order valence-corrected chi connectivity index (χ4v) is 3.95. The highest BCUT2D eigenvalue weighted by Gasteiger charge is 2.32. The summed E-state index contributed by atoms with van der Waals surface area (Å²) >= 11 is 0. The maximum Gasteiger partial charge on any atom is 0.251 e. The Labute approximate surface area is 154 Å². The lowest BCUT2D eigenvalue weighted by Gasteiger charge is -2.18. The van der Waals surface area contributed by atoms with E-state index >= 15 is 0 Å². The highest BCUT2D eigenvalue weighted by atomic mass is 16.2. The fraction of sp³-hybridized carbons (Fsp3) is 0.364. The van der Waals surface area contributed by atoms with Gasteiger partial charge >= 0.3 is 0 Å². The number of amides is 2. The Hall–Kier alpha value is -2.62. The van der Waals surface area contributed by atoms with Gasteiger partial charge in [0.1, 0.15) is 6.04 Å². The van der Waals surface area contributed by atoms with Gasteiger partial charge in [-0.1, -0.05) is 36.4 Å². The van der Waals surface area contributed by atoms with E-state index in [9.17, 15) is 9.59 Å². The molecule has 1 atom stereocenters. The number of carbonyl (C=O) groups is 2. The van der Waals surface area contributed by atoms with E-state index in [1.54, 1.807) is 0 Å². The van der Waals surface area contributed by atoms with Crippen LogP contribution >= 0.6 is 0 Å². The second-order valence-electron chi connectivity index (χ2n) is 7.25. The van der Waals surface area contributed by atoms with Crippen LogP contribution in [-0.4, -0.2) is 29.3 Å². The van der Waals surface area contributed by atoms with Crippen molar-refractivity contribution in [3.8, 4) is 0 Å². The Kier molecular flexibility index (Phi) is 4.74. The first-order valence-electron chi connectivity index (χ1n) is 9.46. The third kappa shape index (κ3) is 3.50. The second-order valence-corrected chi connectivity index (χ2v) is 7.25. The first-order chi connectivity index (χ1) is 12.7. The van der Waals surface area contributed by atoms with Gasteiger partial charge in [-0.15, -0.1) is 0 Å². The Morgan fingerprint density at radius 1 is 1.04 bits per heavy atom. The van der Waals surface area contributed by atoms with Crippen LogP contribution in [0.25, 0.3) is 0 Å². The summed E-state index contributed by atoms with van der Waals surface area (Å²) in [6.45, 7) is 1.29. The number of nitrogens with zero attached hydrogens (tertiary/aromatic N) is 1. The van der Waals surface area contributed by atoms with Gasteiger partial charge < -0.3 is 10.2 Å². The van der Waals surface area contributed by atoms with E-state index in [1.165, 1.54) is 24.0 Å². The van der Waals surface area contributed by atoms with E-state index < -0.39 is 6.04 Å². The van der Waals surface area contributed by atoms with Gasteiger partial charge in [-0.3, -0.25) is 9.59 Å². The predicted molar refractivity (Wildman–Crippen MR) is 101 cm³/mol. The van der Waals surface area contributed by atoms with Gasteiger partial charge in [0.25, 0.3) is 5.91 Å². The Balaban J connectivity index is 1.40. The van der Waals surface area contributed by atoms with Crippen molar-refractivity contribution in [1.29, 1.82) is 0 Å². The van der Waals surface area contributed by atoms with Crippen molar-refractivity contribution in [3.63, 3.8) is 0 Å². The summed E-state index contributed by atoms with van der Waals surface area (Å²) in [5.41, 5.74) is 4.42. The molecule has 0 aromatic heterocycles. The third-order valence-electron chi connectivity index (χ3n) is 5.43. The minimum absolute atomic E-state index is 0.0140. The molecule has 134 valence electrons. The summed E-state index contributed by atoms with van der Waals surface area (Å²) in [6.07, 6.45) is 5.23. The molecule has 2 aromatic rings. The number of carbonyl (C=O) groups excluding carboxylic acids is 2. The van der Waals surface area contributed by atoms with Crippen LogP contribution in [0.4, 0.5) is 0 Å². The van der Waals surface area contributed by atoms with E-state index in [0.29, 0.717) is 25.1 Å². The van der Waals surface area contributed by atoms with Gasteiger partial charge in [-0.05, 0) is 60.9 Å². The average Bonchev–Trinajstić information content (AvgIpc) is 3.02. The third-order valence-corrected chi connectivity index (χ3v) is 5.43. The van der Waals surface area contributed by atoms with Crippen LogP contribution in [0.1, 0.15) is 46.3 Å². The number of likely N-dealkylation sites (tertiary alicyclic amines) is 1. The Morgan fingerprint density at radius 2 is 1.81 bits per heavy atom. The summed E-state index contributed by atoms with van der Waals surface area (Å²) in [4.78, 5) is 27.1. The topological polar surface area (TPSA) is 49.4 Å². The summed E-state index contributed by atoms with van der Waals surface area (Å²) in [5.74, 6) is -0.126. The van der Waals surface area contributed by atoms with Gasteiger partial charge in [0.05, 0.1) is 0 Å². The molecule has 1 fully saturated rings. The molecule has 1 aliphatic heterocycles. The maximum atomic E-state index is 12.6. The SMILES string of the molecule is O=C(N[C@@H]1CCN(Cc2ccccc2)C1=O)c1ccc2c(c1)CCCC2. The monoisotopic (exact) mass is 348 g/mol. The van der Waals surface area contributed by atoms with E-state index in [0.717, 1.165) is 18.4 Å². The van der Waals surface area contributed by atoms with Crippen LogP contribution in [0.3, 0.4) is 0 Å². The minimum atomic E-state index is -0.415. The molecule has 2 aliphatic rings. The number of hydrogen-bond donors (Lipinski definition) is 1. The van der Waals surface area contributed by atoms with E-state index in [1.807, 2.05) is 47.4 Å². The van der Waals surface area contributed by atoms with Crippen molar-refractivity contribution in [2.45, 2.75) is 44.7 Å². The number of hydrogen-bond acceptors (Lipinski definition) is 2. The molecule has 0 spiro atoms. The van der Waals surface area contributed by atoms with Crippen molar-refractivity contribution in [2.75, 3.05) is 6.54 Å². The van der Waals surface area contributed by atoms with Crippen molar-refractivity contribution >= 4 is 11.8 Å². The first kappa shape index (κ1) is 16.8. The highest BCUT2D eigenvalue weighted by molar-refractivity contribution is 5.98. The van der Waals surface area contributed by atoms with E-state index in [4.69, 9.17) is 0 Å². The molecule has 26 heavy (non-hydrogen) atoms. The maximum absolute atomic E-state index is 12.6. The quantitative estimate of drug-likeness (QED) is 0.923. The van der Waals surface area contributed by atoms with Crippen molar-refractivity contribution in [2.24, 2.45) is 0 Å². The molecule has 4 heteroatoms. The predicted octanol–water partition coefficient (Wildman–Crippen LogP) is 3.10. The molecule has 2 amide bonds. The second kappa shape index (κ2) is 7.32. The van der Waals surface area contributed by atoms with Gasteiger partial charge in [0, 0.05) is 18.7 Å². The molecule has 0 unspecified atom stereocenters. The van der Waals surface area contributed by atoms with E-state index in [2.05, 4.69) is 11.4 Å². The van der Waals surface area contributed by atoms with Crippen molar-refractivity contribution in [3.05, 3.63) is 70.8 Å². The Morgan fingerprint density at radius 3 is 2.62 bits per heavy atom. The lowest BCUT2D eigenvalue weighted by molar-refractivity contribution is -0.129. The molecular weight excluding hydrogens is 324 g/mol. The van der Waals surface area contributed by atoms with Crippen LogP contribution in [0.15, 0.2) is 48.5 Å². The van der Waals surface area contributed by atoms with Gasteiger partial charge in [0.15, 0.2) is 0 Å². The molecule has 0 radical (unpaired) electrons. The lowest BCUT2D eigenvalue weighted by Crippen LogP contribution is -2.41. The molecule has 4 rings (SSSR count). The zero-order valence-corrected chi connectivity index (χ0v) is 14.9. The molecule has 1 heterocycles. The highest BCUT2D eigenvalue weighted by Crippen LogP contribution is 2.22. The number of nitrogens with one attached hydrogen (secondary N) is 1. The lowest BCUT2D eigenvalue weighted by atomic mass is 9.90. The molecule has 0 saturated carbocycles. The number of benzene rings is 2. The fourth-order valence-electron chi connectivity index (χ4n) is 3.95. The van der Waals surface area contributed by atoms with Gasteiger partial charge in [-0.2, -0.15) is 0 Å². The normalized spacial score (nSPS) is 19.3. The number of aryl methyl sites for hydroxylation is 2. The van der Waals surface area contributed by atoms with Crippen LogP contribution in [0.5, 0.6) is 0 Å². The molecule has 1 saturated heterocycles. The van der Waals surface area contributed by atoms with Crippen LogP contribution < -0.4 is 5.32 Å². The first-order valence-corrected chi connectivity index (χ1v) is 9.46. The summed E-state index contributed by atoms with van der Waals surface area (Å²) in [5, 5.41) is 2.94. The van der Waals surface area contributed by atoms with Gasteiger partial charge in [-0.25, -0.2) is 0 Å². The van der Waals surface area contributed by atoms with Crippen LogP contribution in [0.2, 0.25) is 0 Å². The minimum Gasteiger partial charge on any atom is -0.340 e. The summed E-state index contributed by atoms with van der Waals surface area (Å²) in [6, 6.07) is 15.5. The summed E-state index contributed by atoms with van der Waals surface area (Å²) in [7, 11) is 0. The summed E-state index contributed by atoms with van der Waals surface area (Å²) < 4.78 is 0. The molecule has 1 N–H and O–H groups in total. The smallest absolute Gasteiger partial charge is 0.251 e. The molecule has 4 nitrogen and oxygen atoms in total. The zero-order chi connectivity index (χ0) is 17.9. The zero-order valence-electron chi connectivity index (χ0n) is 14.9.